The van der Waals surface area contributed by atoms with Gasteiger partial charge in [0.1, 0.15) is 5.69 Å². The molecule has 2 N–H and O–H groups in total. The summed E-state index contributed by atoms with van der Waals surface area (Å²) in [7, 11) is 0. The first kappa shape index (κ1) is 14.8. The Balaban J connectivity index is 2.36. The van der Waals surface area contributed by atoms with E-state index in [0.29, 0.717) is 6.54 Å². The molecule has 1 aromatic heterocycles. The van der Waals surface area contributed by atoms with Crippen LogP contribution in [0.25, 0.3) is 22.2 Å². The van der Waals surface area contributed by atoms with E-state index in [1.807, 2.05) is 6.07 Å². The molecule has 2 aromatic carbocycles. The minimum absolute atomic E-state index is 0.0629. The predicted octanol–water partition coefficient (Wildman–Crippen LogP) is 3.96. The second-order valence-electron chi connectivity index (χ2n) is 6.65. The zero-order valence-corrected chi connectivity index (χ0v) is 13.5. The number of hydrogen-bond acceptors (Lipinski definition) is 2. The first-order valence-electron chi connectivity index (χ1n) is 7.79. The van der Waals surface area contributed by atoms with Crippen molar-refractivity contribution in [2.24, 2.45) is 5.73 Å². The van der Waals surface area contributed by atoms with E-state index in [9.17, 15) is 0 Å². The Bertz CT molecular complexity index is 780. The summed E-state index contributed by atoms with van der Waals surface area (Å²) in [4.78, 5) is 0. The van der Waals surface area contributed by atoms with Crippen LogP contribution in [0.1, 0.15) is 26.3 Å². The van der Waals surface area contributed by atoms with Gasteiger partial charge in [0.25, 0.3) is 0 Å². The molecule has 0 saturated heterocycles. The number of fused-ring (bicyclic) bond motifs is 1. The number of rotatable bonds is 3. The minimum atomic E-state index is -0.0629. The lowest BCUT2D eigenvalue weighted by atomic mass is 10.0. The molecular weight excluding hydrogens is 270 g/mol. The topological polar surface area (TPSA) is 43.8 Å². The minimum Gasteiger partial charge on any atom is -0.330 e. The lowest BCUT2D eigenvalue weighted by molar-refractivity contribution is 0.369. The van der Waals surface area contributed by atoms with Crippen LogP contribution < -0.4 is 5.73 Å². The first-order valence-corrected chi connectivity index (χ1v) is 7.79. The van der Waals surface area contributed by atoms with E-state index >= 15 is 0 Å². The molecule has 0 aliphatic rings. The summed E-state index contributed by atoms with van der Waals surface area (Å²) in [6.07, 6.45) is 0.868. The first-order chi connectivity index (χ1) is 10.5. The van der Waals surface area contributed by atoms with Gasteiger partial charge in [0.05, 0.1) is 11.1 Å². The number of aromatic nitrogens is 2. The highest BCUT2D eigenvalue weighted by atomic mass is 15.3. The quantitative estimate of drug-likeness (QED) is 0.794. The molecule has 0 radical (unpaired) electrons. The molecule has 3 aromatic rings. The highest BCUT2D eigenvalue weighted by Crippen LogP contribution is 2.33. The molecule has 3 rings (SSSR count). The van der Waals surface area contributed by atoms with Crippen molar-refractivity contribution >= 4 is 10.9 Å². The van der Waals surface area contributed by atoms with Gasteiger partial charge in [-0.05, 0) is 45.4 Å². The van der Waals surface area contributed by atoms with Crippen LogP contribution in [0.4, 0.5) is 0 Å². The maximum Gasteiger partial charge on any atom is 0.100 e. The summed E-state index contributed by atoms with van der Waals surface area (Å²) in [5.41, 5.74) is 10.4. The highest BCUT2D eigenvalue weighted by Gasteiger charge is 2.22. The van der Waals surface area contributed by atoms with Crippen molar-refractivity contribution in [2.45, 2.75) is 32.7 Å². The fraction of sp³-hybridized carbons (Fsp3) is 0.316. The number of hydrogen-bond donors (Lipinski definition) is 1. The van der Waals surface area contributed by atoms with Gasteiger partial charge in [-0.25, -0.2) is 0 Å². The molecule has 3 nitrogen and oxygen atoms in total. The second-order valence-corrected chi connectivity index (χ2v) is 6.65. The van der Waals surface area contributed by atoms with Crippen LogP contribution in [0.2, 0.25) is 0 Å². The van der Waals surface area contributed by atoms with Gasteiger partial charge in [-0.3, -0.25) is 4.68 Å². The van der Waals surface area contributed by atoms with E-state index in [2.05, 4.69) is 67.9 Å². The molecule has 0 atom stereocenters. The number of nitrogens with zero attached hydrogens (tertiary/aromatic N) is 2. The largest absolute Gasteiger partial charge is 0.330 e. The molecule has 0 unspecified atom stereocenters. The fourth-order valence-corrected chi connectivity index (χ4v) is 2.91. The molecule has 0 amide bonds. The fourth-order valence-electron chi connectivity index (χ4n) is 2.91. The van der Waals surface area contributed by atoms with Gasteiger partial charge in [0.15, 0.2) is 0 Å². The summed E-state index contributed by atoms with van der Waals surface area (Å²) >= 11 is 0. The number of benzene rings is 2. The van der Waals surface area contributed by atoms with Crippen molar-refractivity contribution < 1.29 is 0 Å². The van der Waals surface area contributed by atoms with Gasteiger partial charge in [0, 0.05) is 10.9 Å². The van der Waals surface area contributed by atoms with Crippen molar-refractivity contribution in [3.63, 3.8) is 0 Å². The van der Waals surface area contributed by atoms with Crippen LogP contribution in [0.5, 0.6) is 0 Å². The Kier molecular flexibility index (Phi) is 3.75. The number of nitrogens with two attached hydrogens (primary N) is 1. The van der Waals surface area contributed by atoms with E-state index in [1.54, 1.807) is 0 Å². The standard InChI is InChI=1S/C19H23N3/c1-19(2,3)22-16-11-7-10-14(12-13-20)17(16)18(21-22)15-8-5-4-6-9-15/h4-11H,12-13,20H2,1-3H3. The molecule has 0 bridgehead atoms. The van der Waals surface area contributed by atoms with Crippen LogP contribution in [-0.2, 0) is 12.0 Å². The smallest absolute Gasteiger partial charge is 0.100 e. The van der Waals surface area contributed by atoms with E-state index in [1.165, 1.54) is 16.5 Å². The maximum atomic E-state index is 5.81. The Morgan fingerprint density at radius 1 is 1.00 bits per heavy atom. The zero-order valence-electron chi connectivity index (χ0n) is 13.5. The summed E-state index contributed by atoms with van der Waals surface area (Å²) < 4.78 is 2.13. The third-order valence-electron chi connectivity index (χ3n) is 3.89. The summed E-state index contributed by atoms with van der Waals surface area (Å²) in [6.45, 7) is 7.20. The molecule has 0 aliphatic heterocycles. The van der Waals surface area contributed by atoms with Crippen LogP contribution in [0.3, 0.4) is 0 Å². The molecule has 0 spiro atoms. The molecule has 0 saturated carbocycles. The Morgan fingerprint density at radius 2 is 1.73 bits per heavy atom. The van der Waals surface area contributed by atoms with Gasteiger partial charge in [-0.15, -0.1) is 0 Å². The van der Waals surface area contributed by atoms with Crippen molar-refractivity contribution in [1.82, 2.24) is 9.78 Å². The Labute approximate surface area is 131 Å². The third kappa shape index (κ3) is 2.53. The van der Waals surface area contributed by atoms with Gasteiger partial charge in [-0.2, -0.15) is 5.10 Å². The lowest BCUT2D eigenvalue weighted by Crippen LogP contribution is -2.22. The highest BCUT2D eigenvalue weighted by molar-refractivity contribution is 5.96. The summed E-state index contributed by atoms with van der Waals surface area (Å²) in [5.74, 6) is 0. The third-order valence-corrected chi connectivity index (χ3v) is 3.89. The van der Waals surface area contributed by atoms with E-state index in [4.69, 9.17) is 10.8 Å². The molecule has 114 valence electrons. The van der Waals surface area contributed by atoms with E-state index in [0.717, 1.165) is 17.7 Å². The lowest BCUT2D eigenvalue weighted by Gasteiger charge is -2.20. The SMILES string of the molecule is CC(C)(C)n1nc(-c2ccccc2)c2c(CCN)cccc21. The molecular formula is C19H23N3. The van der Waals surface area contributed by atoms with Crippen LogP contribution in [-0.4, -0.2) is 16.3 Å². The summed E-state index contributed by atoms with van der Waals surface area (Å²) in [6, 6.07) is 16.8. The van der Waals surface area contributed by atoms with Crippen molar-refractivity contribution in [1.29, 1.82) is 0 Å². The molecule has 0 fully saturated rings. The van der Waals surface area contributed by atoms with E-state index in [-0.39, 0.29) is 5.54 Å². The van der Waals surface area contributed by atoms with Crippen molar-refractivity contribution in [2.75, 3.05) is 6.54 Å². The average Bonchev–Trinajstić information content (AvgIpc) is 2.89. The summed E-state index contributed by atoms with van der Waals surface area (Å²) in [5, 5.41) is 6.18. The van der Waals surface area contributed by atoms with E-state index < -0.39 is 0 Å². The monoisotopic (exact) mass is 293 g/mol. The second kappa shape index (κ2) is 5.58. The molecule has 3 heteroatoms. The molecule has 22 heavy (non-hydrogen) atoms. The van der Waals surface area contributed by atoms with Gasteiger partial charge in [0.2, 0.25) is 0 Å². The zero-order chi connectivity index (χ0) is 15.7. The molecule has 0 aliphatic carbocycles. The van der Waals surface area contributed by atoms with Crippen molar-refractivity contribution in [3.05, 3.63) is 54.1 Å². The Hall–Kier alpha value is -2.13. The normalized spacial score (nSPS) is 12.0. The van der Waals surface area contributed by atoms with Gasteiger partial charge >= 0.3 is 0 Å². The average molecular weight is 293 g/mol. The van der Waals surface area contributed by atoms with Crippen LogP contribution in [0.15, 0.2) is 48.5 Å². The van der Waals surface area contributed by atoms with Crippen LogP contribution >= 0.6 is 0 Å². The van der Waals surface area contributed by atoms with Gasteiger partial charge in [-0.1, -0.05) is 42.5 Å². The maximum absolute atomic E-state index is 5.81. The molecule has 1 heterocycles. The van der Waals surface area contributed by atoms with Gasteiger partial charge < -0.3 is 5.73 Å². The predicted molar refractivity (Wildman–Crippen MR) is 92.9 cm³/mol. The van der Waals surface area contributed by atoms with Crippen molar-refractivity contribution in [3.8, 4) is 11.3 Å². The van der Waals surface area contributed by atoms with Crippen LogP contribution in [0, 0.1) is 0 Å². The Morgan fingerprint density at radius 3 is 2.36 bits per heavy atom.